The van der Waals surface area contributed by atoms with E-state index in [1.807, 2.05) is 0 Å². The van der Waals surface area contributed by atoms with Gasteiger partial charge in [-0.15, -0.1) is 12.4 Å². The van der Waals surface area contributed by atoms with Crippen molar-refractivity contribution in [1.29, 1.82) is 0 Å². The molecule has 162 valence electrons. The largest absolute Gasteiger partial charge is 0.390 e. The second-order valence-corrected chi connectivity index (χ2v) is 9.75. The Hall–Kier alpha value is -1.08. The summed E-state index contributed by atoms with van der Waals surface area (Å²) in [5, 5.41) is 32.0. The van der Waals surface area contributed by atoms with Crippen LogP contribution < -0.4 is 0 Å². The van der Waals surface area contributed by atoms with Crippen LogP contribution in [0.1, 0.15) is 46.5 Å². The Morgan fingerprint density at radius 1 is 1.31 bits per heavy atom. The fourth-order valence-corrected chi connectivity index (χ4v) is 7.26. The quantitative estimate of drug-likeness (QED) is 0.627. The number of aliphatic hydroxyl groups excluding tert-OH is 2. The molecule has 0 aliphatic heterocycles. The number of halogens is 2. The molecule has 0 aromatic carbocycles. The summed E-state index contributed by atoms with van der Waals surface area (Å²) >= 11 is 0. The maximum Gasteiger partial charge on any atom is 0.190 e. The van der Waals surface area contributed by atoms with E-state index in [-0.39, 0.29) is 30.5 Å². The van der Waals surface area contributed by atoms with Gasteiger partial charge in [-0.3, -0.25) is 9.59 Å². The van der Waals surface area contributed by atoms with Gasteiger partial charge in [-0.25, -0.2) is 4.39 Å². The second-order valence-electron chi connectivity index (χ2n) is 9.75. The smallest absolute Gasteiger partial charge is 0.190 e. The number of allylic oxidation sites excluding steroid dienone is 4. The van der Waals surface area contributed by atoms with Crippen molar-refractivity contribution in [2.45, 2.75) is 63.8 Å². The molecule has 0 heterocycles. The van der Waals surface area contributed by atoms with Crippen molar-refractivity contribution in [3.05, 3.63) is 23.8 Å². The summed E-state index contributed by atoms with van der Waals surface area (Å²) in [6.07, 6.45) is 4.44. The molecule has 0 saturated heterocycles. The van der Waals surface area contributed by atoms with E-state index in [2.05, 4.69) is 0 Å². The molecule has 0 radical (unpaired) electrons. The van der Waals surface area contributed by atoms with Gasteiger partial charge in [0, 0.05) is 16.7 Å². The molecule has 5 nitrogen and oxygen atoms in total. The van der Waals surface area contributed by atoms with E-state index in [4.69, 9.17) is 0 Å². The van der Waals surface area contributed by atoms with E-state index in [0.717, 1.165) is 0 Å². The van der Waals surface area contributed by atoms with Gasteiger partial charge in [0.25, 0.3) is 0 Å². The topological polar surface area (TPSA) is 94.8 Å². The van der Waals surface area contributed by atoms with Gasteiger partial charge in [0.2, 0.25) is 0 Å². The fourth-order valence-electron chi connectivity index (χ4n) is 7.26. The molecule has 0 bridgehead atoms. The van der Waals surface area contributed by atoms with Gasteiger partial charge in [0.15, 0.2) is 17.2 Å². The molecule has 8 atom stereocenters. The molecule has 4 aliphatic rings. The SMILES string of the molecule is C[C@H]1C[C@H]2[C@@H]3CCC4=CC(=O)C=C[C@]4(C)[C@@]3(F)[C@@H](O)C[C@]2(C)[C@@]1(O)C(=O)CO.Cl. The van der Waals surface area contributed by atoms with E-state index in [0.29, 0.717) is 24.8 Å². The molecule has 3 fully saturated rings. The van der Waals surface area contributed by atoms with Crippen LogP contribution in [0.15, 0.2) is 23.8 Å². The van der Waals surface area contributed by atoms with Crippen LogP contribution in [0.4, 0.5) is 4.39 Å². The van der Waals surface area contributed by atoms with Gasteiger partial charge in [-0.1, -0.05) is 25.5 Å². The van der Waals surface area contributed by atoms with Crippen LogP contribution in [0.3, 0.4) is 0 Å². The summed E-state index contributed by atoms with van der Waals surface area (Å²) < 4.78 is 16.9. The number of hydrogen-bond donors (Lipinski definition) is 3. The van der Waals surface area contributed by atoms with Crippen LogP contribution in [-0.4, -0.2) is 50.9 Å². The normalized spacial score (nSPS) is 50.7. The van der Waals surface area contributed by atoms with Crippen LogP contribution in [0, 0.1) is 28.6 Å². The lowest BCUT2D eigenvalue weighted by Crippen LogP contribution is -2.69. The number of fused-ring (bicyclic) bond motifs is 5. The van der Waals surface area contributed by atoms with Crippen LogP contribution >= 0.6 is 12.4 Å². The minimum absolute atomic E-state index is 0. The van der Waals surface area contributed by atoms with E-state index in [9.17, 15) is 24.9 Å². The molecule has 7 heteroatoms. The molecule has 4 rings (SSSR count). The fraction of sp³-hybridized carbons (Fsp3) is 0.727. The molecular formula is C22H30ClFO5. The summed E-state index contributed by atoms with van der Waals surface area (Å²) in [6, 6.07) is 0. The highest BCUT2D eigenvalue weighted by molar-refractivity contribution is 6.01. The molecule has 3 N–H and O–H groups in total. The number of ketones is 2. The average molecular weight is 429 g/mol. The molecule has 3 saturated carbocycles. The minimum atomic E-state index is -1.98. The highest BCUT2D eigenvalue weighted by Gasteiger charge is 2.75. The van der Waals surface area contributed by atoms with Crippen molar-refractivity contribution in [2.24, 2.45) is 28.6 Å². The Kier molecular flexibility index (Phi) is 5.23. The van der Waals surface area contributed by atoms with Gasteiger partial charge >= 0.3 is 0 Å². The van der Waals surface area contributed by atoms with Crippen LogP contribution in [0.2, 0.25) is 0 Å². The summed E-state index contributed by atoms with van der Waals surface area (Å²) in [6.45, 7) is 4.48. The van der Waals surface area contributed by atoms with Crippen LogP contribution in [0.5, 0.6) is 0 Å². The van der Waals surface area contributed by atoms with Crippen LogP contribution in [-0.2, 0) is 9.59 Å². The zero-order chi connectivity index (χ0) is 20.7. The lowest BCUT2D eigenvalue weighted by Gasteiger charge is -2.62. The summed E-state index contributed by atoms with van der Waals surface area (Å²) in [5.74, 6) is -2.12. The maximum absolute atomic E-state index is 16.9. The van der Waals surface area contributed by atoms with Crippen molar-refractivity contribution in [2.75, 3.05) is 6.61 Å². The van der Waals surface area contributed by atoms with Crippen molar-refractivity contribution < 1.29 is 29.3 Å². The zero-order valence-electron chi connectivity index (χ0n) is 17.0. The first kappa shape index (κ1) is 22.6. The molecule has 0 amide bonds. The van der Waals surface area contributed by atoms with E-state index >= 15 is 4.39 Å². The molecule has 0 aromatic rings. The van der Waals surface area contributed by atoms with Gasteiger partial charge < -0.3 is 15.3 Å². The number of hydrogen-bond acceptors (Lipinski definition) is 5. The van der Waals surface area contributed by atoms with E-state index in [1.165, 1.54) is 12.2 Å². The standard InChI is InChI=1S/C22H29FO5.ClH/c1-12-8-16-15-5-4-13-9-14(25)6-7-19(13,2)21(15,23)17(26)10-20(16,3)22(12,28)18(27)11-24;/h6-7,9,12,15-17,24,26,28H,4-5,8,10-11H2,1-3H3;1H/t12-,15-,16-,17-,19-,20-,21-,22-;/m0./s1. The van der Waals surface area contributed by atoms with Crippen molar-refractivity contribution >= 4 is 24.0 Å². The second kappa shape index (κ2) is 6.71. The predicted molar refractivity (Wildman–Crippen MR) is 107 cm³/mol. The lowest BCUT2D eigenvalue weighted by atomic mass is 9.44. The number of rotatable bonds is 2. The summed E-state index contributed by atoms with van der Waals surface area (Å²) in [4.78, 5) is 24.4. The van der Waals surface area contributed by atoms with Crippen molar-refractivity contribution in [3.63, 3.8) is 0 Å². The zero-order valence-corrected chi connectivity index (χ0v) is 17.8. The highest BCUT2D eigenvalue weighted by atomic mass is 35.5. The number of Topliss-reactive ketones (excluding diaryl/α,β-unsaturated/α-hetero) is 1. The van der Waals surface area contributed by atoms with Crippen molar-refractivity contribution in [1.82, 2.24) is 0 Å². The highest BCUT2D eigenvalue weighted by Crippen LogP contribution is 2.70. The third-order valence-electron chi connectivity index (χ3n) is 8.79. The van der Waals surface area contributed by atoms with Gasteiger partial charge in [-0.2, -0.15) is 0 Å². The van der Waals surface area contributed by atoms with Gasteiger partial charge in [-0.05, 0) is 56.6 Å². The Bertz CT molecular complexity index is 811. The number of carbonyl (C=O) groups is 2. The Labute approximate surface area is 176 Å². The monoisotopic (exact) mass is 428 g/mol. The van der Waals surface area contributed by atoms with Gasteiger partial charge in [0.1, 0.15) is 12.2 Å². The third kappa shape index (κ3) is 2.43. The maximum atomic E-state index is 16.9. The Balaban J connectivity index is 0.00000240. The molecule has 0 spiro atoms. The summed E-state index contributed by atoms with van der Waals surface area (Å²) in [5.41, 5.74) is -5.17. The Morgan fingerprint density at radius 3 is 2.59 bits per heavy atom. The Morgan fingerprint density at radius 2 is 1.97 bits per heavy atom. The lowest BCUT2D eigenvalue weighted by molar-refractivity contribution is -0.219. The minimum Gasteiger partial charge on any atom is -0.390 e. The average Bonchev–Trinajstić information content (AvgIpc) is 2.84. The number of alkyl halides is 1. The third-order valence-corrected chi connectivity index (χ3v) is 8.79. The van der Waals surface area contributed by atoms with Crippen LogP contribution in [0.25, 0.3) is 0 Å². The van der Waals surface area contributed by atoms with Gasteiger partial charge in [0.05, 0.1) is 6.10 Å². The summed E-state index contributed by atoms with van der Waals surface area (Å²) in [7, 11) is 0. The number of carbonyl (C=O) groups excluding carboxylic acids is 2. The first-order valence-corrected chi connectivity index (χ1v) is 10.1. The first-order chi connectivity index (χ1) is 13.0. The molecule has 0 aromatic heterocycles. The van der Waals surface area contributed by atoms with E-state index in [1.54, 1.807) is 26.8 Å². The first-order valence-electron chi connectivity index (χ1n) is 10.1. The molecule has 29 heavy (non-hydrogen) atoms. The molecular weight excluding hydrogens is 399 g/mol. The number of aliphatic hydroxyl groups is 3. The molecule has 0 unspecified atom stereocenters. The van der Waals surface area contributed by atoms with E-state index < -0.39 is 52.4 Å². The predicted octanol–water partition coefficient (Wildman–Crippen LogP) is 2.32. The van der Waals surface area contributed by atoms with Crippen molar-refractivity contribution in [3.8, 4) is 0 Å². The molecule has 4 aliphatic carbocycles.